The highest BCUT2D eigenvalue weighted by molar-refractivity contribution is 7.12. The predicted molar refractivity (Wildman–Crippen MR) is 96.0 cm³/mol. The van der Waals surface area contributed by atoms with Crippen LogP contribution in [0.2, 0.25) is 0 Å². The molecule has 0 aliphatic heterocycles. The largest absolute Gasteiger partial charge is 0.497 e. The number of hydrogen-bond donors (Lipinski definition) is 2. The number of rotatable bonds is 6. The Kier molecular flexibility index (Phi) is 4.87. The van der Waals surface area contributed by atoms with E-state index in [0.717, 1.165) is 21.5 Å². The third-order valence-corrected chi connectivity index (χ3v) is 4.98. The molecule has 1 atom stereocenters. The summed E-state index contributed by atoms with van der Waals surface area (Å²) in [7, 11) is 3.27. The summed E-state index contributed by atoms with van der Waals surface area (Å²) in [6.45, 7) is 2.48. The summed E-state index contributed by atoms with van der Waals surface area (Å²) in [5, 5.41) is 3.90. The number of aromatic nitrogens is 1. The summed E-state index contributed by atoms with van der Waals surface area (Å²) >= 11 is 1.68. The molecule has 3 aromatic rings. The Bertz CT molecular complexity index is 853. The van der Waals surface area contributed by atoms with Crippen LogP contribution in [0.25, 0.3) is 10.9 Å². The van der Waals surface area contributed by atoms with Crippen molar-refractivity contribution >= 4 is 28.1 Å². The van der Waals surface area contributed by atoms with E-state index in [0.29, 0.717) is 12.2 Å². The summed E-state index contributed by atoms with van der Waals surface area (Å²) in [6, 6.07) is 11.6. The zero-order chi connectivity index (χ0) is 17.1. The van der Waals surface area contributed by atoms with Gasteiger partial charge in [-0.2, -0.15) is 0 Å². The first-order valence-electron chi connectivity index (χ1n) is 7.65. The third-order valence-electron chi connectivity index (χ3n) is 3.89. The van der Waals surface area contributed by atoms with Crippen molar-refractivity contribution < 1.29 is 14.3 Å². The Morgan fingerprint density at radius 3 is 2.75 bits per heavy atom. The number of amides is 1. The van der Waals surface area contributed by atoms with Crippen LogP contribution in [0.3, 0.4) is 0 Å². The molecule has 0 bridgehead atoms. The van der Waals surface area contributed by atoms with E-state index in [9.17, 15) is 4.79 Å². The minimum absolute atomic E-state index is 0.142. The number of carbonyl (C=O) groups is 1. The van der Waals surface area contributed by atoms with Gasteiger partial charge in [-0.3, -0.25) is 4.79 Å². The molecule has 2 N–H and O–H groups in total. The monoisotopic (exact) mass is 344 g/mol. The van der Waals surface area contributed by atoms with Gasteiger partial charge in [0.25, 0.3) is 5.91 Å². The SMILES string of the molecule is COc1ccc2cc(C(=O)NC[C@H](OC)c3ccc(C)s3)[nH]c2c1. The number of aromatic amines is 1. The van der Waals surface area contributed by atoms with E-state index in [1.54, 1.807) is 25.6 Å². The summed E-state index contributed by atoms with van der Waals surface area (Å²) in [6.07, 6.45) is -0.142. The van der Waals surface area contributed by atoms with Gasteiger partial charge in [-0.25, -0.2) is 0 Å². The maximum Gasteiger partial charge on any atom is 0.267 e. The van der Waals surface area contributed by atoms with Crippen LogP contribution >= 0.6 is 11.3 Å². The van der Waals surface area contributed by atoms with Crippen molar-refractivity contribution in [2.24, 2.45) is 0 Å². The fourth-order valence-corrected chi connectivity index (χ4v) is 3.52. The van der Waals surface area contributed by atoms with Gasteiger partial charge in [-0.05, 0) is 37.3 Å². The van der Waals surface area contributed by atoms with Crippen LogP contribution in [-0.4, -0.2) is 31.7 Å². The zero-order valence-corrected chi connectivity index (χ0v) is 14.7. The number of benzene rings is 1. The lowest BCUT2D eigenvalue weighted by Crippen LogP contribution is -2.29. The average molecular weight is 344 g/mol. The molecule has 0 fully saturated rings. The molecule has 0 saturated carbocycles. The van der Waals surface area contributed by atoms with E-state index in [1.165, 1.54) is 4.88 Å². The lowest BCUT2D eigenvalue weighted by molar-refractivity contribution is 0.0834. The molecule has 0 radical (unpaired) electrons. The second-order valence-electron chi connectivity index (χ2n) is 5.52. The lowest BCUT2D eigenvalue weighted by Gasteiger charge is -2.14. The first kappa shape index (κ1) is 16.5. The number of carbonyl (C=O) groups excluding carboxylic acids is 1. The zero-order valence-electron chi connectivity index (χ0n) is 13.9. The molecule has 2 heterocycles. The first-order chi connectivity index (χ1) is 11.6. The van der Waals surface area contributed by atoms with Crippen LogP contribution in [0.1, 0.15) is 26.3 Å². The Labute approximate surface area is 144 Å². The fourth-order valence-electron chi connectivity index (χ4n) is 2.56. The molecule has 1 amide bonds. The van der Waals surface area contributed by atoms with Gasteiger partial charge < -0.3 is 19.8 Å². The molecule has 1 aromatic carbocycles. The van der Waals surface area contributed by atoms with Gasteiger partial charge in [0, 0.05) is 40.4 Å². The molecule has 2 aromatic heterocycles. The van der Waals surface area contributed by atoms with Gasteiger partial charge >= 0.3 is 0 Å². The summed E-state index contributed by atoms with van der Waals surface area (Å²) < 4.78 is 10.7. The molecule has 3 rings (SSSR count). The van der Waals surface area contributed by atoms with Crippen LogP contribution in [0, 0.1) is 6.92 Å². The van der Waals surface area contributed by atoms with Gasteiger partial charge in [0.2, 0.25) is 0 Å². The van der Waals surface area contributed by atoms with Crippen LogP contribution in [0.15, 0.2) is 36.4 Å². The van der Waals surface area contributed by atoms with E-state index in [4.69, 9.17) is 9.47 Å². The highest BCUT2D eigenvalue weighted by Gasteiger charge is 2.16. The van der Waals surface area contributed by atoms with Gasteiger partial charge in [0.15, 0.2) is 0 Å². The quantitative estimate of drug-likeness (QED) is 0.717. The fraction of sp³-hybridized carbons (Fsp3) is 0.278. The molecule has 0 spiro atoms. The molecule has 5 nitrogen and oxygen atoms in total. The van der Waals surface area contributed by atoms with Crippen LogP contribution in [0.5, 0.6) is 5.75 Å². The van der Waals surface area contributed by atoms with Crippen molar-refractivity contribution in [1.29, 1.82) is 0 Å². The smallest absolute Gasteiger partial charge is 0.267 e. The highest BCUT2D eigenvalue weighted by Crippen LogP contribution is 2.25. The normalized spacial score (nSPS) is 12.3. The number of H-pyrrole nitrogens is 1. The summed E-state index contributed by atoms with van der Waals surface area (Å²) in [5.74, 6) is 0.601. The standard InChI is InChI=1S/C18H20N2O3S/c1-11-4-7-17(24-11)16(23-3)10-19-18(21)15-8-12-5-6-13(22-2)9-14(12)20-15/h4-9,16,20H,10H2,1-3H3,(H,19,21)/t16-/m0/s1. The van der Waals surface area contributed by atoms with Crippen molar-refractivity contribution in [2.45, 2.75) is 13.0 Å². The highest BCUT2D eigenvalue weighted by atomic mass is 32.1. The van der Waals surface area contributed by atoms with E-state index >= 15 is 0 Å². The maximum absolute atomic E-state index is 12.4. The molecule has 0 saturated heterocycles. The number of fused-ring (bicyclic) bond motifs is 1. The number of hydrogen-bond acceptors (Lipinski definition) is 4. The second-order valence-corrected chi connectivity index (χ2v) is 6.84. The van der Waals surface area contributed by atoms with E-state index in [1.807, 2.05) is 30.3 Å². The molecule has 126 valence electrons. The minimum Gasteiger partial charge on any atom is -0.497 e. The Morgan fingerprint density at radius 2 is 2.08 bits per heavy atom. The molecule has 0 aliphatic rings. The van der Waals surface area contributed by atoms with Crippen molar-refractivity contribution in [3.8, 4) is 5.75 Å². The van der Waals surface area contributed by atoms with Crippen LogP contribution < -0.4 is 10.1 Å². The van der Waals surface area contributed by atoms with Crippen molar-refractivity contribution in [3.63, 3.8) is 0 Å². The maximum atomic E-state index is 12.4. The summed E-state index contributed by atoms with van der Waals surface area (Å²) in [4.78, 5) is 17.9. The van der Waals surface area contributed by atoms with Crippen LogP contribution in [-0.2, 0) is 4.74 Å². The molecule has 6 heteroatoms. The van der Waals surface area contributed by atoms with Crippen molar-refractivity contribution in [2.75, 3.05) is 20.8 Å². The second kappa shape index (κ2) is 7.07. The topological polar surface area (TPSA) is 63.4 Å². The van der Waals surface area contributed by atoms with E-state index in [-0.39, 0.29) is 12.0 Å². The minimum atomic E-state index is -0.152. The molecule has 0 unspecified atom stereocenters. The van der Waals surface area contributed by atoms with E-state index < -0.39 is 0 Å². The lowest BCUT2D eigenvalue weighted by atomic mass is 10.2. The molecular weight excluding hydrogens is 324 g/mol. The van der Waals surface area contributed by atoms with Crippen molar-refractivity contribution in [3.05, 3.63) is 51.8 Å². The number of ether oxygens (including phenoxy) is 2. The molecular formula is C18H20N2O3S. The number of thiophene rings is 1. The van der Waals surface area contributed by atoms with Gasteiger partial charge in [-0.1, -0.05) is 0 Å². The van der Waals surface area contributed by atoms with E-state index in [2.05, 4.69) is 23.3 Å². The number of nitrogens with one attached hydrogen (secondary N) is 2. The Hall–Kier alpha value is -2.31. The Balaban J connectivity index is 1.70. The number of methoxy groups -OCH3 is 2. The molecule has 24 heavy (non-hydrogen) atoms. The third kappa shape index (κ3) is 3.44. The van der Waals surface area contributed by atoms with Gasteiger partial charge in [0.1, 0.15) is 17.5 Å². The Morgan fingerprint density at radius 1 is 1.25 bits per heavy atom. The van der Waals surface area contributed by atoms with Crippen molar-refractivity contribution in [1.82, 2.24) is 10.3 Å². The van der Waals surface area contributed by atoms with Gasteiger partial charge in [-0.15, -0.1) is 11.3 Å². The number of aryl methyl sites for hydroxylation is 1. The predicted octanol–water partition coefficient (Wildman–Crippen LogP) is 3.66. The average Bonchev–Trinajstić information content (AvgIpc) is 3.20. The van der Waals surface area contributed by atoms with Crippen LogP contribution in [0.4, 0.5) is 0 Å². The first-order valence-corrected chi connectivity index (χ1v) is 8.46. The summed E-state index contributed by atoms with van der Waals surface area (Å²) in [5.41, 5.74) is 1.40. The molecule has 0 aliphatic carbocycles. The van der Waals surface area contributed by atoms with Gasteiger partial charge in [0.05, 0.1) is 7.11 Å².